The summed E-state index contributed by atoms with van der Waals surface area (Å²) in [7, 11) is 1.38. The van der Waals surface area contributed by atoms with E-state index in [1.165, 1.54) is 18.4 Å². The lowest BCUT2D eigenvalue weighted by Gasteiger charge is -1.94. The van der Waals surface area contributed by atoms with Crippen molar-refractivity contribution in [3.8, 4) is 0 Å². The summed E-state index contributed by atoms with van der Waals surface area (Å²) in [6.07, 6.45) is 0.855. The molecule has 102 valence electrons. The van der Waals surface area contributed by atoms with Crippen LogP contribution in [0.1, 0.15) is 16.5 Å². The van der Waals surface area contributed by atoms with Crippen LogP contribution >= 0.6 is 11.3 Å². The summed E-state index contributed by atoms with van der Waals surface area (Å²) in [5.41, 5.74) is 2.72. The van der Waals surface area contributed by atoms with E-state index in [2.05, 4.69) is 19.7 Å². The van der Waals surface area contributed by atoms with Crippen molar-refractivity contribution in [2.75, 3.05) is 7.11 Å². The predicted octanol–water partition coefficient (Wildman–Crippen LogP) is 2.33. The normalized spacial score (nSPS) is 10.8. The molecule has 0 fully saturated rings. The Labute approximate surface area is 119 Å². The fourth-order valence-electron chi connectivity index (χ4n) is 1.96. The first-order chi connectivity index (χ1) is 9.74. The number of aromatic nitrogens is 3. The Morgan fingerprint density at radius 3 is 3.00 bits per heavy atom. The summed E-state index contributed by atoms with van der Waals surface area (Å²) in [5, 5.41) is 2.82. The molecule has 0 unspecified atom stereocenters. The molecule has 0 amide bonds. The Balaban J connectivity index is 1.75. The molecular weight excluding hydrogens is 274 g/mol. The second kappa shape index (κ2) is 5.42. The van der Waals surface area contributed by atoms with Crippen molar-refractivity contribution in [3.63, 3.8) is 0 Å². The SMILES string of the molecule is COC(=O)Cc1csc(Cc2nc3ccccc3[nH]2)n1. The molecule has 0 bridgehead atoms. The zero-order valence-corrected chi connectivity index (χ0v) is 11.7. The van der Waals surface area contributed by atoms with Gasteiger partial charge in [-0.15, -0.1) is 11.3 Å². The number of para-hydroxylation sites is 2. The van der Waals surface area contributed by atoms with E-state index in [-0.39, 0.29) is 12.4 Å². The number of ether oxygens (including phenoxy) is 1. The maximum Gasteiger partial charge on any atom is 0.311 e. The minimum absolute atomic E-state index is 0.215. The molecule has 0 radical (unpaired) electrons. The van der Waals surface area contributed by atoms with E-state index in [0.29, 0.717) is 6.42 Å². The van der Waals surface area contributed by atoms with Gasteiger partial charge in [0.15, 0.2) is 0 Å². The van der Waals surface area contributed by atoms with E-state index in [9.17, 15) is 4.79 Å². The van der Waals surface area contributed by atoms with Crippen molar-refractivity contribution in [2.45, 2.75) is 12.8 Å². The number of nitrogens with one attached hydrogen (secondary N) is 1. The third-order valence-corrected chi connectivity index (χ3v) is 3.81. The van der Waals surface area contributed by atoms with E-state index in [1.807, 2.05) is 29.6 Å². The Bertz CT molecular complexity index is 715. The number of esters is 1. The summed E-state index contributed by atoms with van der Waals surface area (Å²) in [5.74, 6) is 0.607. The Kier molecular flexibility index (Phi) is 3.47. The van der Waals surface area contributed by atoms with Crippen molar-refractivity contribution in [3.05, 3.63) is 46.2 Å². The number of aromatic amines is 1. The summed E-state index contributed by atoms with van der Waals surface area (Å²) in [6, 6.07) is 7.91. The van der Waals surface area contributed by atoms with E-state index < -0.39 is 0 Å². The molecule has 1 N–H and O–H groups in total. The molecule has 3 rings (SSSR count). The van der Waals surface area contributed by atoms with Crippen LogP contribution in [0.3, 0.4) is 0 Å². The minimum Gasteiger partial charge on any atom is -0.469 e. The van der Waals surface area contributed by atoms with Gasteiger partial charge in [-0.3, -0.25) is 4.79 Å². The van der Waals surface area contributed by atoms with Gasteiger partial charge in [0.05, 0.1) is 36.7 Å². The highest BCUT2D eigenvalue weighted by atomic mass is 32.1. The van der Waals surface area contributed by atoms with Gasteiger partial charge in [-0.1, -0.05) is 12.1 Å². The van der Waals surface area contributed by atoms with Crippen LogP contribution in [0.2, 0.25) is 0 Å². The first kappa shape index (κ1) is 12.8. The van der Waals surface area contributed by atoms with Crippen LogP contribution < -0.4 is 0 Å². The maximum atomic E-state index is 11.2. The Morgan fingerprint density at radius 2 is 2.20 bits per heavy atom. The van der Waals surface area contributed by atoms with E-state index in [1.54, 1.807) is 0 Å². The average Bonchev–Trinajstić information content (AvgIpc) is 3.05. The maximum absolute atomic E-state index is 11.2. The largest absolute Gasteiger partial charge is 0.469 e. The van der Waals surface area contributed by atoms with E-state index in [4.69, 9.17) is 0 Å². The molecule has 0 atom stereocenters. The van der Waals surface area contributed by atoms with Gasteiger partial charge in [0.25, 0.3) is 0 Å². The molecule has 20 heavy (non-hydrogen) atoms. The molecule has 3 aromatic rings. The smallest absolute Gasteiger partial charge is 0.311 e. The zero-order chi connectivity index (χ0) is 13.9. The van der Waals surface area contributed by atoms with Crippen molar-refractivity contribution in [1.29, 1.82) is 0 Å². The predicted molar refractivity (Wildman–Crippen MR) is 76.7 cm³/mol. The van der Waals surface area contributed by atoms with Crippen LogP contribution in [-0.2, 0) is 22.4 Å². The number of imidazole rings is 1. The molecule has 0 aliphatic rings. The number of benzene rings is 1. The zero-order valence-electron chi connectivity index (χ0n) is 10.9. The van der Waals surface area contributed by atoms with Gasteiger partial charge in [-0.2, -0.15) is 0 Å². The minimum atomic E-state index is -0.273. The van der Waals surface area contributed by atoms with Crippen LogP contribution in [0, 0.1) is 0 Å². The molecule has 0 spiro atoms. The first-order valence-electron chi connectivity index (χ1n) is 6.18. The molecule has 2 aromatic heterocycles. The number of methoxy groups -OCH3 is 1. The van der Waals surface area contributed by atoms with Crippen molar-refractivity contribution in [1.82, 2.24) is 15.0 Å². The molecular formula is C14H13N3O2S. The Morgan fingerprint density at radius 1 is 1.35 bits per heavy atom. The lowest BCUT2D eigenvalue weighted by molar-refractivity contribution is -0.139. The number of hydrogen-bond donors (Lipinski definition) is 1. The highest BCUT2D eigenvalue weighted by Gasteiger charge is 2.10. The molecule has 5 nitrogen and oxygen atoms in total. The summed E-state index contributed by atoms with van der Waals surface area (Å²) in [6.45, 7) is 0. The van der Waals surface area contributed by atoms with Crippen LogP contribution in [0.5, 0.6) is 0 Å². The molecule has 0 saturated carbocycles. The number of carbonyl (C=O) groups excluding carboxylic acids is 1. The quantitative estimate of drug-likeness (QED) is 0.748. The third-order valence-electron chi connectivity index (χ3n) is 2.91. The van der Waals surface area contributed by atoms with Gasteiger partial charge >= 0.3 is 5.97 Å². The molecule has 0 saturated heterocycles. The van der Waals surface area contributed by atoms with Gasteiger partial charge in [0.1, 0.15) is 10.8 Å². The van der Waals surface area contributed by atoms with Gasteiger partial charge in [0.2, 0.25) is 0 Å². The molecule has 0 aliphatic heterocycles. The second-order valence-electron chi connectivity index (χ2n) is 4.36. The van der Waals surface area contributed by atoms with Crippen LogP contribution in [0.15, 0.2) is 29.6 Å². The first-order valence-corrected chi connectivity index (χ1v) is 7.06. The fourth-order valence-corrected chi connectivity index (χ4v) is 2.76. The van der Waals surface area contributed by atoms with Crippen molar-refractivity contribution < 1.29 is 9.53 Å². The number of hydrogen-bond acceptors (Lipinski definition) is 5. The monoisotopic (exact) mass is 287 g/mol. The number of carbonyl (C=O) groups is 1. The molecule has 0 aliphatic carbocycles. The lowest BCUT2D eigenvalue weighted by Crippen LogP contribution is -2.04. The highest BCUT2D eigenvalue weighted by molar-refractivity contribution is 7.09. The number of H-pyrrole nitrogens is 1. The standard InChI is InChI=1S/C14H13N3O2S/c1-19-14(18)6-9-8-20-13(15-9)7-12-16-10-4-2-3-5-11(10)17-12/h2-5,8H,6-7H2,1H3,(H,16,17). The van der Waals surface area contributed by atoms with Crippen LogP contribution in [0.25, 0.3) is 11.0 Å². The summed E-state index contributed by atoms with van der Waals surface area (Å²) >= 11 is 1.53. The highest BCUT2D eigenvalue weighted by Crippen LogP contribution is 2.16. The van der Waals surface area contributed by atoms with Gasteiger partial charge in [0, 0.05) is 5.38 Å². The average molecular weight is 287 g/mol. The number of fused-ring (bicyclic) bond motifs is 1. The lowest BCUT2D eigenvalue weighted by atomic mass is 10.3. The fraction of sp³-hybridized carbons (Fsp3) is 0.214. The van der Waals surface area contributed by atoms with E-state index >= 15 is 0 Å². The van der Waals surface area contributed by atoms with E-state index in [0.717, 1.165) is 27.6 Å². The van der Waals surface area contributed by atoms with Crippen LogP contribution in [0.4, 0.5) is 0 Å². The van der Waals surface area contributed by atoms with Crippen LogP contribution in [-0.4, -0.2) is 28.0 Å². The molecule has 1 aromatic carbocycles. The van der Waals surface area contributed by atoms with Gasteiger partial charge in [-0.05, 0) is 12.1 Å². The topological polar surface area (TPSA) is 67.9 Å². The van der Waals surface area contributed by atoms with Crippen molar-refractivity contribution in [2.24, 2.45) is 0 Å². The van der Waals surface area contributed by atoms with Crippen molar-refractivity contribution >= 4 is 28.3 Å². The Hall–Kier alpha value is -2.21. The number of nitrogens with zero attached hydrogens (tertiary/aromatic N) is 2. The van der Waals surface area contributed by atoms with Gasteiger partial charge in [-0.25, -0.2) is 9.97 Å². The third kappa shape index (κ3) is 2.70. The summed E-state index contributed by atoms with van der Waals surface area (Å²) in [4.78, 5) is 23.4. The molecule has 2 heterocycles. The number of thiazole rings is 1. The summed E-state index contributed by atoms with van der Waals surface area (Å²) < 4.78 is 4.63. The second-order valence-corrected chi connectivity index (χ2v) is 5.31. The molecule has 6 heteroatoms. The van der Waals surface area contributed by atoms with Gasteiger partial charge < -0.3 is 9.72 Å². The number of rotatable bonds is 4.